The number of sulfone groups is 1. The van der Waals surface area contributed by atoms with Gasteiger partial charge in [0.05, 0.1) is 52.8 Å². The summed E-state index contributed by atoms with van der Waals surface area (Å²) in [6, 6.07) is 112. The van der Waals surface area contributed by atoms with Crippen molar-refractivity contribution < 1.29 is 51.8 Å². The topological polar surface area (TPSA) is 307 Å². The van der Waals surface area contributed by atoms with Crippen molar-refractivity contribution in [2.24, 2.45) is 0 Å². The number of rotatable bonds is 21. The van der Waals surface area contributed by atoms with Crippen LogP contribution in [0.2, 0.25) is 0 Å². The molecule has 10 aromatic carbocycles. The first-order chi connectivity index (χ1) is 72.1. The Hall–Kier alpha value is -13.9. The van der Waals surface area contributed by atoms with Crippen LogP contribution >= 0.6 is 11.6 Å². The van der Waals surface area contributed by atoms with E-state index in [1.165, 1.54) is 89.2 Å². The summed E-state index contributed by atoms with van der Waals surface area (Å²) in [5.41, 5.74) is 14.7. The van der Waals surface area contributed by atoms with Crippen molar-refractivity contribution in [2.45, 2.75) is 201 Å². The van der Waals surface area contributed by atoms with E-state index in [4.69, 9.17) is 31.0 Å². The molecule has 150 heavy (non-hydrogen) atoms. The van der Waals surface area contributed by atoms with Gasteiger partial charge in [0.2, 0.25) is 26.9 Å². The van der Waals surface area contributed by atoms with E-state index in [1.807, 2.05) is 112 Å². The number of hydrogen-bond acceptors (Lipinski definition) is 25. The number of anilines is 2. The van der Waals surface area contributed by atoms with E-state index in [-0.39, 0.29) is 77.2 Å². The molecule has 3 amide bonds. The number of halogens is 1. The monoisotopic (exact) mass is 2060 g/mol. The zero-order valence-corrected chi connectivity index (χ0v) is 87.5. The Morgan fingerprint density at radius 3 is 0.920 bits per heavy atom. The molecule has 10 atom stereocenters. The second-order valence-corrected chi connectivity index (χ2v) is 43.7. The summed E-state index contributed by atoms with van der Waals surface area (Å²) in [7, 11) is -3.38. The van der Waals surface area contributed by atoms with Crippen molar-refractivity contribution in [2.75, 3.05) is 88.1 Å². The molecule has 13 aromatic rings. The number of likely N-dealkylation sites (tertiary alicyclic amines) is 6. The summed E-state index contributed by atoms with van der Waals surface area (Å²) in [6.45, 7) is 24.3. The predicted octanol–water partition coefficient (Wildman–Crippen LogP) is 19.3. The van der Waals surface area contributed by atoms with Gasteiger partial charge in [-0.3, -0.25) is 34.4 Å². The number of hydrogen-bond donors (Lipinski definition) is 4. The van der Waals surface area contributed by atoms with Crippen molar-refractivity contribution in [3.05, 3.63) is 413 Å². The van der Waals surface area contributed by atoms with E-state index in [1.54, 1.807) is 24.8 Å². The first-order valence-corrected chi connectivity index (χ1v) is 53.8. The minimum atomic E-state index is -3.38. The zero-order chi connectivity index (χ0) is 104. The Labute approximate surface area is 886 Å². The van der Waals surface area contributed by atoms with Crippen LogP contribution < -0.4 is 25.9 Å². The van der Waals surface area contributed by atoms with Crippen LogP contribution in [0, 0.1) is 0 Å². The number of ketones is 1. The molecule has 23 rings (SSSR count). The number of amides is 3. The Balaban J connectivity index is 0.000000128. The lowest BCUT2D eigenvalue weighted by Gasteiger charge is -2.39. The Morgan fingerprint density at radius 2 is 0.660 bits per heavy atom. The number of carbonyl (C=O) groups excluding carboxylic acids is 5. The summed E-state index contributed by atoms with van der Waals surface area (Å²) in [5.74, 6) is 0.143. The predicted molar refractivity (Wildman–Crippen MR) is 585 cm³/mol. The highest BCUT2D eigenvalue weighted by molar-refractivity contribution is 7.90. The zero-order valence-electron chi connectivity index (χ0n) is 85.9. The molecule has 10 bridgehead atoms. The van der Waals surface area contributed by atoms with Crippen LogP contribution in [0.3, 0.4) is 0 Å². The van der Waals surface area contributed by atoms with E-state index in [9.17, 15) is 32.4 Å². The number of nitrogens with zero attached hydrogens (tertiary/aromatic N) is 14. The fourth-order valence-electron chi connectivity index (χ4n) is 22.0. The molecule has 30 heteroatoms. The second-order valence-electron chi connectivity index (χ2n) is 41.3. The molecular weight excluding hydrogens is 1920 g/mol. The van der Waals surface area contributed by atoms with E-state index in [2.05, 4.69) is 313 Å². The largest absolute Gasteiger partial charge is 0.462 e. The van der Waals surface area contributed by atoms with Crippen LogP contribution in [-0.2, 0) is 24.0 Å². The van der Waals surface area contributed by atoms with Gasteiger partial charge in [0.25, 0.3) is 5.91 Å². The number of esters is 1. The van der Waals surface area contributed by atoms with Gasteiger partial charge < -0.3 is 44.4 Å². The number of Topliss-reactive ketones (excluding diaryl/α,β-unsaturated/α-hetero) is 1. The lowest BCUT2D eigenvalue weighted by Crippen LogP contribution is -2.51. The first kappa shape index (κ1) is 109. The maximum atomic E-state index is 12.6. The maximum Gasteiger partial charge on any atom is 0.410 e. The van der Waals surface area contributed by atoms with Crippen LogP contribution in [0.25, 0.3) is 0 Å². The Morgan fingerprint density at radius 1 is 0.373 bits per heavy atom. The quantitative estimate of drug-likeness (QED) is 0.00988. The highest BCUT2D eigenvalue weighted by Crippen LogP contribution is 2.46. The fraction of sp³-hybridized carbons (Fsp3) is 0.358. The van der Waals surface area contributed by atoms with Crippen molar-refractivity contribution in [1.29, 1.82) is 0 Å². The standard InChI is InChI=1S/C25H26N4O2.C23H23N5O2.C23H28N2O2.C18H20N2.C13H11Cl.C10H18N2O2.C7H8N2O3S.CH4/c1-2-31-24(30)20-14-26-25(27-15-20)29-17-21-13-22(29)16-28(21)23(18-9-5-3-6-10-18)19-11-7-4-8-12-19;29-22(26-30)18-12-24-23(25-13-18)28-15-19-11-20(28)14-27(19)21(16-7-3-1-4-8-16)17-9-5-2-6-10-17;1-23(2,3)27-22(26)25-16-19-14-20(25)15-24(19)21(17-10-6-4-7-11-17)18-12-8-5-9-13-18;1-3-7-14(8-4-1)18(15-9-5-2-6-10-15)20-13-16-11-17(20)12-19-16;14-13(11-7-3-1-4-8-11)12-9-5-2-6-10-12;1-10(2,3)14-9(13)12-6-7-4-8(12)5-11-7;1-5(10)6-3-8-7(9-4-6)13(2,11)12;/h3-12,14-15,21-23H,2,13,16-17H2,1H3;1-10,12-13,19-21,30H,11,14-15H2,(H,26,29);4-13,19-21H,14-16H2,1-3H3;1-10,16-19H,11-13H2;1-10,13H;7-8,11H,4-6H2,1-3H3;3-4H,1-2H3;1H4/t21-,22-;2*19-,20-;16-,17-;;7-,8-;;/m0000.0../s1. The number of carbonyl (C=O) groups is 5. The molecule has 0 radical (unpaired) electrons. The number of aromatic nitrogens is 6. The Kier molecular flexibility index (Phi) is 36.4. The SMILES string of the molecule is C.CC(=O)c1cnc(S(C)(=O)=O)nc1.CC(C)(C)OC(=O)N1C[C@@H]2C[C@H]1CN2.CC(C)(C)OC(=O)N1C[C@@H]2C[C@H]1CN2C(c1ccccc1)c1ccccc1.CCOC(=O)c1cnc(N2C[C@@H]3C[C@H]2CN3C(c2ccccc2)c2ccccc2)nc1.ClC(c1ccccc1)c1ccccc1.O=C(NO)c1cnc(N2C[C@@H]3C[C@H]2CN3C(c2ccccc2)c2ccccc2)nc1.c1ccc(C(c2ccccc2)N2C[C@@H]3C[C@H]2CN3)cc1. The number of benzene rings is 10. The first-order valence-electron chi connectivity index (χ1n) is 51.5. The van der Waals surface area contributed by atoms with E-state index < -0.39 is 21.3 Å². The van der Waals surface area contributed by atoms with Crippen molar-refractivity contribution in [3.63, 3.8) is 0 Å². The van der Waals surface area contributed by atoms with E-state index in [0.29, 0.717) is 90.0 Å². The summed E-state index contributed by atoms with van der Waals surface area (Å²) in [4.78, 5) is 102. The van der Waals surface area contributed by atoms with Crippen LogP contribution in [-0.4, -0.2) is 253 Å². The number of ether oxygens (including phenoxy) is 3. The van der Waals surface area contributed by atoms with Crippen LogP contribution in [0.1, 0.15) is 211 Å². The molecular formula is C120H138ClN17O11S. The van der Waals surface area contributed by atoms with Gasteiger partial charge in [-0.05, 0) is 143 Å². The molecule has 0 unspecified atom stereocenters. The highest BCUT2D eigenvalue weighted by atomic mass is 35.5. The minimum absolute atomic E-state index is 0. The summed E-state index contributed by atoms with van der Waals surface area (Å²) >= 11 is 6.33. The third-order valence-corrected chi connectivity index (χ3v) is 30.1. The molecule has 13 heterocycles. The number of fused-ring (bicyclic) bond motifs is 10. The van der Waals surface area contributed by atoms with Gasteiger partial charge in [-0.1, -0.05) is 311 Å². The van der Waals surface area contributed by atoms with Crippen LogP contribution in [0.4, 0.5) is 21.5 Å². The molecule has 28 nitrogen and oxygen atoms in total. The van der Waals surface area contributed by atoms with Crippen LogP contribution in [0.15, 0.2) is 346 Å². The lowest BCUT2D eigenvalue weighted by atomic mass is 9.96. The van der Waals surface area contributed by atoms with Gasteiger partial charge in [-0.2, -0.15) is 0 Å². The summed E-state index contributed by atoms with van der Waals surface area (Å²) in [5, 5.41) is 15.4. The van der Waals surface area contributed by atoms with Crippen molar-refractivity contribution in [1.82, 2.24) is 75.4 Å². The second kappa shape index (κ2) is 50.2. The maximum absolute atomic E-state index is 12.6. The molecule has 10 aliphatic rings. The molecule has 3 aromatic heterocycles. The number of piperazine rings is 5. The fourth-order valence-corrected chi connectivity index (χ4v) is 22.8. The van der Waals surface area contributed by atoms with E-state index in [0.717, 1.165) is 102 Å². The van der Waals surface area contributed by atoms with Crippen molar-refractivity contribution >= 4 is 63.2 Å². The third kappa shape index (κ3) is 27.3. The molecule has 10 fully saturated rings. The molecule has 0 aliphatic carbocycles. The molecule has 10 aliphatic heterocycles. The van der Waals surface area contributed by atoms with Gasteiger partial charge in [-0.25, -0.2) is 58.2 Å². The average Bonchev–Trinajstić information content (AvgIpc) is 1.60. The number of hydroxylamine groups is 1. The summed E-state index contributed by atoms with van der Waals surface area (Å²) in [6.07, 6.45) is 14.7. The molecule has 10 saturated heterocycles. The molecule has 0 spiro atoms. The van der Waals surface area contributed by atoms with Gasteiger partial charge >= 0.3 is 18.2 Å². The van der Waals surface area contributed by atoms with Gasteiger partial charge in [0, 0.05) is 169 Å². The molecule has 782 valence electrons. The number of alkyl halides is 1. The van der Waals surface area contributed by atoms with Gasteiger partial charge in [-0.15, -0.1) is 11.6 Å². The van der Waals surface area contributed by atoms with E-state index >= 15 is 0 Å². The number of nitrogens with one attached hydrogen (secondary N) is 3. The minimum Gasteiger partial charge on any atom is -0.462 e. The third-order valence-electron chi connectivity index (χ3n) is 28.7. The van der Waals surface area contributed by atoms with Crippen molar-refractivity contribution in [3.8, 4) is 0 Å². The lowest BCUT2D eigenvalue weighted by molar-refractivity contribution is 0.0104. The average molecular weight is 2060 g/mol. The van der Waals surface area contributed by atoms with Gasteiger partial charge in [0.15, 0.2) is 5.78 Å². The smallest absolute Gasteiger partial charge is 0.410 e. The van der Waals surface area contributed by atoms with Crippen LogP contribution in [0.5, 0.6) is 0 Å². The molecule has 4 N–H and O–H groups in total. The molecule has 0 saturated carbocycles. The normalized spacial score (nSPS) is 20.6. The summed E-state index contributed by atoms with van der Waals surface area (Å²) < 4.78 is 37.8. The Bertz CT molecular complexity index is 6430. The highest BCUT2D eigenvalue weighted by Gasteiger charge is 2.52. The van der Waals surface area contributed by atoms with Gasteiger partial charge in [0.1, 0.15) is 11.2 Å².